The molecule has 3 aromatic rings. The fourth-order valence-corrected chi connectivity index (χ4v) is 7.76. The van der Waals surface area contributed by atoms with Gasteiger partial charge in [0.15, 0.2) is 0 Å². The lowest BCUT2D eigenvalue weighted by Crippen LogP contribution is -2.44. The first-order chi connectivity index (χ1) is 25.4. The number of hydrogen-bond acceptors (Lipinski definition) is 8. The smallest absolute Gasteiger partial charge is 0.336 e. The highest BCUT2D eigenvalue weighted by Crippen LogP contribution is 2.43. The average molecular weight is 704 g/mol. The molecule has 0 bridgehead atoms. The molecule has 0 aliphatic carbocycles. The minimum atomic E-state index is -0.697. The molecule has 2 heterocycles. The molecular formula is C42H49N5O5. The summed E-state index contributed by atoms with van der Waals surface area (Å²) in [6.07, 6.45) is 6.32. The van der Waals surface area contributed by atoms with Gasteiger partial charge in [0.05, 0.1) is 34.6 Å². The van der Waals surface area contributed by atoms with E-state index in [0.717, 1.165) is 57.4 Å². The van der Waals surface area contributed by atoms with Gasteiger partial charge in [-0.25, -0.2) is 4.79 Å². The number of carbonyl (C=O) groups excluding carboxylic acids is 2. The molecule has 0 aromatic heterocycles. The highest BCUT2D eigenvalue weighted by molar-refractivity contribution is 5.93. The Labute approximate surface area is 306 Å². The number of hydrogen-bond donors (Lipinski definition) is 1. The molecule has 1 N–H and O–H groups in total. The van der Waals surface area contributed by atoms with Crippen molar-refractivity contribution < 1.29 is 19.2 Å². The molecule has 1 fully saturated rings. The van der Waals surface area contributed by atoms with Crippen LogP contribution in [0, 0.1) is 21.4 Å². The first-order valence-electron chi connectivity index (χ1n) is 18.4. The van der Waals surface area contributed by atoms with E-state index in [1.165, 1.54) is 23.3 Å². The van der Waals surface area contributed by atoms with Gasteiger partial charge in [0.1, 0.15) is 6.61 Å². The number of piperidine rings is 1. The third-order valence-electron chi connectivity index (χ3n) is 10.3. The van der Waals surface area contributed by atoms with Crippen LogP contribution in [0.1, 0.15) is 87.8 Å². The summed E-state index contributed by atoms with van der Waals surface area (Å²) in [5.41, 5.74) is 5.78. The van der Waals surface area contributed by atoms with Gasteiger partial charge in [0.2, 0.25) is 6.41 Å². The second-order valence-corrected chi connectivity index (χ2v) is 13.5. The van der Waals surface area contributed by atoms with Crippen molar-refractivity contribution in [3.05, 3.63) is 134 Å². The Morgan fingerprint density at radius 1 is 0.981 bits per heavy atom. The van der Waals surface area contributed by atoms with Crippen molar-refractivity contribution in [1.82, 2.24) is 15.1 Å². The number of dihydropyridines is 1. The van der Waals surface area contributed by atoms with Gasteiger partial charge in [-0.2, -0.15) is 5.26 Å². The average Bonchev–Trinajstić information content (AvgIpc) is 3.18. The molecule has 1 amide bonds. The number of rotatable bonds is 17. The Balaban J connectivity index is 1.41. The molecular weight excluding hydrogens is 654 g/mol. The lowest BCUT2D eigenvalue weighted by atomic mass is 9.68. The van der Waals surface area contributed by atoms with E-state index in [-0.39, 0.29) is 24.1 Å². The Kier molecular flexibility index (Phi) is 13.4. The molecule has 5 rings (SSSR count). The number of nitriles is 1. The van der Waals surface area contributed by atoms with Crippen LogP contribution in [-0.4, -0.2) is 59.9 Å². The molecule has 52 heavy (non-hydrogen) atoms. The van der Waals surface area contributed by atoms with Crippen molar-refractivity contribution in [3.63, 3.8) is 0 Å². The van der Waals surface area contributed by atoms with E-state index >= 15 is 0 Å². The Morgan fingerprint density at radius 2 is 1.58 bits per heavy atom. The second kappa shape index (κ2) is 18.3. The zero-order chi connectivity index (χ0) is 36.9. The fraction of sp³-hybridized carbons (Fsp3) is 0.405. The maximum atomic E-state index is 13.8. The number of allylic oxidation sites excluding steroid dienone is 3. The van der Waals surface area contributed by atoms with E-state index in [4.69, 9.17) is 10.00 Å². The van der Waals surface area contributed by atoms with Crippen LogP contribution in [0.2, 0.25) is 0 Å². The first kappa shape index (κ1) is 38.0. The van der Waals surface area contributed by atoms with Crippen molar-refractivity contribution in [2.45, 2.75) is 76.5 Å². The molecule has 0 saturated carbocycles. The number of amides is 1. The van der Waals surface area contributed by atoms with Gasteiger partial charge < -0.3 is 19.9 Å². The van der Waals surface area contributed by atoms with Crippen LogP contribution in [0.4, 0.5) is 5.69 Å². The molecule has 2 aliphatic heterocycles. The summed E-state index contributed by atoms with van der Waals surface area (Å²) in [5, 5.41) is 24.2. The van der Waals surface area contributed by atoms with Gasteiger partial charge in [-0.15, -0.1) is 0 Å². The summed E-state index contributed by atoms with van der Waals surface area (Å²) in [5.74, 6) is -1.26. The minimum absolute atomic E-state index is 0.0519. The topological polar surface area (TPSA) is 129 Å². The molecule has 2 aliphatic rings. The van der Waals surface area contributed by atoms with Crippen LogP contribution < -0.4 is 5.32 Å². The molecule has 1 unspecified atom stereocenters. The number of ether oxygens (including phenoxy) is 1. The number of nitrogens with one attached hydrogen (secondary N) is 1. The summed E-state index contributed by atoms with van der Waals surface area (Å²) >= 11 is 0. The zero-order valence-corrected chi connectivity index (χ0v) is 30.3. The van der Waals surface area contributed by atoms with Crippen molar-refractivity contribution in [2.24, 2.45) is 0 Å². The maximum absolute atomic E-state index is 13.8. The normalized spacial score (nSPS) is 17.2. The van der Waals surface area contributed by atoms with Gasteiger partial charge in [0.25, 0.3) is 5.69 Å². The van der Waals surface area contributed by atoms with Gasteiger partial charge in [-0.1, -0.05) is 99.5 Å². The lowest BCUT2D eigenvalue weighted by Gasteiger charge is -2.43. The third kappa shape index (κ3) is 8.60. The molecule has 0 radical (unpaired) electrons. The van der Waals surface area contributed by atoms with Gasteiger partial charge in [-0.3, -0.25) is 14.9 Å². The summed E-state index contributed by atoms with van der Waals surface area (Å²) in [6, 6.07) is 29.7. The van der Waals surface area contributed by atoms with Crippen molar-refractivity contribution in [3.8, 4) is 6.07 Å². The first-order valence-corrected chi connectivity index (χ1v) is 18.4. The van der Waals surface area contributed by atoms with Crippen LogP contribution >= 0.6 is 0 Å². The molecule has 272 valence electrons. The predicted octanol–water partition coefficient (Wildman–Crippen LogP) is 7.73. The number of nitro groups is 1. The highest BCUT2D eigenvalue weighted by atomic mass is 16.6. The molecule has 10 nitrogen and oxygen atoms in total. The number of nitrogens with zero attached hydrogens (tertiary/aromatic N) is 4. The number of non-ortho nitro benzene ring substituents is 1. The quantitative estimate of drug-likeness (QED) is 0.0497. The van der Waals surface area contributed by atoms with E-state index in [2.05, 4.69) is 77.8 Å². The standard InChI is InChI=1S/C42H49N5O5/c1-3-13-36-39(41(49)52-30-11-25-43)38(32-19-21-35(22-20-32)47(50)51)40(37(44-36)14-4-2)46(31-48)27-12-26-45-28-23-42(24-29-45,33-15-7-5-8-16-33)34-17-9-6-10-18-34/h5-10,15-22,31,38,44H,3-4,11-14,23-24,26-30H2,1-2H3. The van der Waals surface area contributed by atoms with Gasteiger partial charge >= 0.3 is 5.97 Å². The third-order valence-corrected chi connectivity index (χ3v) is 10.3. The summed E-state index contributed by atoms with van der Waals surface area (Å²) < 4.78 is 5.61. The zero-order valence-electron chi connectivity index (χ0n) is 30.3. The number of likely N-dealkylation sites (tertiary alicyclic amines) is 1. The van der Waals surface area contributed by atoms with Gasteiger partial charge in [0, 0.05) is 35.5 Å². The molecule has 1 atom stereocenters. The van der Waals surface area contributed by atoms with E-state index < -0.39 is 16.8 Å². The van der Waals surface area contributed by atoms with Gasteiger partial charge in [-0.05, 0) is 68.4 Å². The van der Waals surface area contributed by atoms with Crippen molar-refractivity contribution >= 4 is 18.1 Å². The second-order valence-electron chi connectivity index (χ2n) is 13.5. The van der Waals surface area contributed by atoms with E-state index in [0.29, 0.717) is 48.3 Å². The monoisotopic (exact) mass is 703 g/mol. The van der Waals surface area contributed by atoms with E-state index in [1.807, 2.05) is 13.0 Å². The molecule has 3 aromatic carbocycles. The van der Waals surface area contributed by atoms with Crippen LogP contribution in [-0.2, 0) is 19.7 Å². The number of nitro benzene ring substituents is 1. The SMILES string of the molecule is CCCC1=C(C(=O)OCCC#N)C(c2ccc([N+](=O)[O-])cc2)C(N(C=O)CCCN2CCC(c3ccccc3)(c3ccccc3)CC2)=C(CCC)N1. The van der Waals surface area contributed by atoms with Crippen molar-refractivity contribution in [1.29, 1.82) is 5.26 Å². The Morgan fingerprint density at radius 3 is 2.12 bits per heavy atom. The summed E-state index contributed by atoms with van der Waals surface area (Å²) in [4.78, 5) is 42.2. The lowest BCUT2D eigenvalue weighted by molar-refractivity contribution is -0.384. The van der Waals surface area contributed by atoms with Crippen molar-refractivity contribution in [2.75, 3.05) is 32.8 Å². The van der Waals surface area contributed by atoms with Crippen LogP contribution in [0.5, 0.6) is 0 Å². The number of carbonyl (C=O) groups is 2. The van der Waals surface area contributed by atoms with Crippen LogP contribution in [0.15, 0.2) is 108 Å². The molecule has 1 saturated heterocycles. The fourth-order valence-electron chi connectivity index (χ4n) is 7.76. The number of esters is 1. The molecule has 0 spiro atoms. The summed E-state index contributed by atoms with van der Waals surface area (Å²) in [7, 11) is 0. The maximum Gasteiger partial charge on any atom is 0.336 e. The van der Waals surface area contributed by atoms with E-state index in [9.17, 15) is 19.7 Å². The Bertz CT molecular complexity index is 1730. The minimum Gasteiger partial charge on any atom is -0.461 e. The predicted molar refractivity (Wildman–Crippen MR) is 201 cm³/mol. The highest BCUT2D eigenvalue weighted by Gasteiger charge is 2.40. The van der Waals surface area contributed by atoms with E-state index in [1.54, 1.807) is 17.0 Å². The largest absolute Gasteiger partial charge is 0.461 e. The Hall–Kier alpha value is -5.27. The summed E-state index contributed by atoms with van der Waals surface area (Å²) in [6.45, 7) is 7.09. The number of benzene rings is 3. The van der Waals surface area contributed by atoms with Crippen LogP contribution in [0.25, 0.3) is 0 Å². The molecule has 10 heteroatoms. The van der Waals surface area contributed by atoms with Crippen LogP contribution in [0.3, 0.4) is 0 Å².